The third-order valence-electron chi connectivity index (χ3n) is 12.9. The molecule has 0 atom stereocenters. The Bertz CT molecular complexity index is 3050. The van der Waals surface area contributed by atoms with Crippen LogP contribution in [0.5, 0.6) is 23.0 Å². The van der Waals surface area contributed by atoms with Gasteiger partial charge in [0.25, 0.3) is 0 Å². The van der Waals surface area contributed by atoms with Crippen LogP contribution in [0.15, 0.2) is 120 Å². The molecule has 8 aromatic rings. The normalized spacial score (nSPS) is 14.5. The van der Waals surface area contributed by atoms with Crippen molar-refractivity contribution >= 4 is 44.2 Å². The van der Waals surface area contributed by atoms with Crippen molar-refractivity contribution in [2.75, 3.05) is 23.9 Å². The van der Waals surface area contributed by atoms with Crippen molar-refractivity contribution in [3.63, 3.8) is 0 Å². The second-order valence-corrected chi connectivity index (χ2v) is 19.4. The van der Waals surface area contributed by atoms with Crippen LogP contribution in [-0.4, -0.2) is 43.0 Å². The van der Waals surface area contributed by atoms with E-state index in [-0.39, 0.29) is 53.0 Å². The van der Waals surface area contributed by atoms with E-state index in [0.29, 0.717) is 23.0 Å². The standard InChI is InChI=1S/C56H54N8O2.2Pt/c1-35-37(3)61(33-59(35)11)41-25-39(55(5,6)7)27-45(29-41)65-43-19-21-47-49(31-43)63(51-17-13-15-23-57-51)54-48-22-20-44(32-50(48)64(53(47)54)52-18-14-16-24-58-52)66-46-28-40(56(8,9)10)26-42(30-46)62-34-60(12)36(2)38(62)4;;/h13-28,33-34H,1-12H3;;/q-6;;. The molecule has 356 valence electrons. The fraction of sp³-hybridized carbons (Fsp3) is 0.250. The summed E-state index contributed by atoms with van der Waals surface area (Å²) >= 11 is 0. The summed E-state index contributed by atoms with van der Waals surface area (Å²) < 4.78 is 17.9. The van der Waals surface area contributed by atoms with Crippen LogP contribution in [0.25, 0.3) is 44.5 Å². The number of ether oxygens (including phenoxy) is 2. The van der Waals surface area contributed by atoms with E-state index in [0.717, 1.165) is 78.4 Å². The van der Waals surface area contributed by atoms with Gasteiger partial charge in [0.2, 0.25) is 0 Å². The topological polar surface area (TPSA) is 67.1 Å². The third kappa shape index (κ3) is 8.64. The van der Waals surface area contributed by atoms with Crippen molar-refractivity contribution in [1.82, 2.24) is 28.9 Å². The summed E-state index contributed by atoms with van der Waals surface area (Å²) in [4.78, 5) is 18.4. The zero-order valence-electron chi connectivity index (χ0n) is 40.4. The van der Waals surface area contributed by atoms with Gasteiger partial charge in [-0.05, 0) is 88.3 Å². The Kier molecular flexibility index (Phi) is 13.1. The molecule has 0 aliphatic carbocycles. The smallest absolute Gasteiger partial charge is 0.134 e. The zero-order valence-corrected chi connectivity index (χ0v) is 45.0. The molecule has 0 unspecified atom stereocenters. The first-order valence-electron chi connectivity index (χ1n) is 22.3. The van der Waals surface area contributed by atoms with Gasteiger partial charge in [0.05, 0.1) is 0 Å². The Labute approximate surface area is 429 Å². The number of aromatic nitrogens is 4. The van der Waals surface area contributed by atoms with Gasteiger partial charge in [-0.3, -0.25) is 0 Å². The summed E-state index contributed by atoms with van der Waals surface area (Å²) in [5, 5.41) is 1.89. The van der Waals surface area contributed by atoms with E-state index in [4.69, 9.17) is 19.4 Å². The van der Waals surface area contributed by atoms with Crippen molar-refractivity contribution in [1.29, 1.82) is 0 Å². The SMILES string of the molecule is CC1=C(C)N(c2[c-]c(Oc3[c-]c4c(cc3)c3c(c5ccc(Oc6[c-]c(N7[CH-]N(C)C(C)=C7C)cc(C(C)(C)C)c6)[c-]c5n3-c3ccccn3)n4-c3ccccn3)cc(C(C)(C)C)c2)[CH-]N1C.[Pt].[Pt]. The monoisotopic (exact) mass is 1260 g/mol. The molecular weight excluding hydrogens is 1210 g/mol. The van der Waals surface area contributed by atoms with Crippen LogP contribution < -0.4 is 19.3 Å². The summed E-state index contributed by atoms with van der Waals surface area (Å²) in [6.45, 7) is 26.0. The molecule has 4 aromatic carbocycles. The molecule has 0 spiro atoms. The number of benzene rings is 4. The molecule has 0 fully saturated rings. The van der Waals surface area contributed by atoms with Gasteiger partial charge in [-0.15, -0.1) is 83.2 Å². The number of anilines is 2. The quantitative estimate of drug-likeness (QED) is 0.139. The van der Waals surface area contributed by atoms with Gasteiger partial charge in [0.15, 0.2) is 0 Å². The molecular formula is C56H54N8O2Pt2-6. The first kappa shape index (κ1) is 48.6. The predicted octanol–water partition coefficient (Wildman–Crippen LogP) is 13.1. The van der Waals surface area contributed by atoms with Crippen molar-refractivity contribution in [2.24, 2.45) is 0 Å². The second-order valence-electron chi connectivity index (χ2n) is 19.4. The first-order valence-corrected chi connectivity index (χ1v) is 22.3. The van der Waals surface area contributed by atoms with Gasteiger partial charge in [0, 0.05) is 99.9 Å². The van der Waals surface area contributed by atoms with E-state index >= 15 is 0 Å². The Morgan fingerprint density at radius 2 is 0.882 bits per heavy atom. The van der Waals surface area contributed by atoms with Gasteiger partial charge in [0.1, 0.15) is 11.6 Å². The van der Waals surface area contributed by atoms with E-state index in [1.807, 2.05) is 60.9 Å². The third-order valence-corrected chi connectivity index (χ3v) is 12.9. The number of hydrogen-bond acceptors (Lipinski definition) is 8. The van der Waals surface area contributed by atoms with E-state index in [1.165, 1.54) is 11.4 Å². The van der Waals surface area contributed by atoms with E-state index in [1.54, 1.807) is 0 Å². The maximum atomic E-state index is 6.77. The van der Waals surface area contributed by atoms with Gasteiger partial charge in [-0.25, -0.2) is 9.97 Å². The van der Waals surface area contributed by atoms with E-state index in [9.17, 15) is 0 Å². The Hall–Kier alpha value is -5.82. The molecule has 0 amide bonds. The summed E-state index contributed by atoms with van der Waals surface area (Å²) in [7, 11) is 4.13. The summed E-state index contributed by atoms with van der Waals surface area (Å²) in [6, 6.07) is 43.2. The minimum absolute atomic E-state index is 0. The van der Waals surface area contributed by atoms with Crippen molar-refractivity contribution in [3.05, 3.63) is 169 Å². The number of hydrogen-bond donors (Lipinski definition) is 0. The molecule has 0 saturated carbocycles. The van der Waals surface area contributed by atoms with Gasteiger partial charge < -0.3 is 38.2 Å². The van der Waals surface area contributed by atoms with Crippen molar-refractivity contribution < 1.29 is 51.6 Å². The Morgan fingerprint density at radius 3 is 1.21 bits per heavy atom. The van der Waals surface area contributed by atoms with Crippen molar-refractivity contribution in [2.45, 2.75) is 80.1 Å². The molecule has 0 radical (unpaired) electrons. The molecule has 2 aliphatic rings. The molecule has 12 heteroatoms. The fourth-order valence-corrected chi connectivity index (χ4v) is 8.71. The summed E-state index contributed by atoms with van der Waals surface area (Å²) in [5.41, 5.74) is 12.0. The van der Waals surface area contributed by atoms with Crippen LogP contribution in [0.3, 0.4) is 0 Å². The Morgan fingerprint density at radius 1 is 0.485 bits per heavy atom. The molecule has 0 bridgehead atoms. The van der Waals surface area contributed by atoms with Crippen LogP contribution in [-0.2, 0) is 53.0 Å². The number of rotatable bonds is 8. The fourth-order valence-electron chi connectivity index (χ4n) is 8.71. The van der Waals surface area contributed by atoms with E-state index in [2.05, 4.69) is 186 Å². The van der Waals surface area contributed by atoms with Crippen molar-refractivity contribution in [3.8, 4) is 34.6 Å². The molecule has 2 aliphatic heterocycles. The maximum absolute atomic E-state index is 6.77. The number of allylic oxidation sites excluding steroid dienone is 4. The largest absolute Gasteiger partial charge is 0.509 e. The molecule has 0 N–H and O–H groups in total. The molecule has 10 nitrogen and oxygen atoms in total. The predicted molar refractivity (Wildman–Crippen MR) is 265 cm³/mol. The van der Waals surface area contributed by atoms with Crippen LogP contribution >= 0.6 is 0 Å². The van der Waals surface area contributed by atoms with Crippen LogP contribution in [0.1, 0.15) is 80.4 Å². The number of nitrogens with zero attached hydrogens (tertiary/aromatic N) is 8. The molecule has 6 heterocycles. The average molecular weight is 1260 g/mol. The number of pyridine rings is 2. The minimum Gasteiger partial charge on any atom is -0.509 e. The van der Waals surface area contributed by atoms with Gasteiger partial charge >= 0.3 is 0 Å². The average Bonchev–Trinajstić information content (AvgIpc) is 3.96. The molecule has 68 heavy (non-hydrogen) atoms. The maximum Gasteiger partial charge on any atom is 0.134 e. The molecule has 10 rings (SSSR count). The Balaban J connectivity index is 0.00000312. The minimum atomic E-state index is -0.135. The van der Waals surface area contributed by atoms with Crippen LogP contribution in [0.2, 0.25) is 0 Å². The molecule has 4 aromatic heterocycles. The van der Waals surface area contributed by atoms with Gasteiger partial charge in [-0.2, -0.15) is 25.5 Å². The van der Waals surface area contributed by atoms with Crippen LogP contribution in [0.4, 0.5) is 11.4 Å². The first-order chi connectivity index (χ1) is 31.4. The summed E-state index contributed by atoms with van der Waals surface area (Å²) in [5.74, 6) is 3.82. The van der Waals surface area contributed by atoms with Gasteiger partial charge in [-0.1, -0.05) is 75.5 Å². The molecule has 0 saturated heterocycles. The zero-order chi connectivity index (χ0) is 46.4. The second kappa shape index (κ2) is 18.2. The van der Waals surface area contributed by atoms with Crippen LogP contribution in [0, 0.1) is 37.6 Å². The number of fused-ring (bicyclic) bond motifs is 5. The van der Waals surface area contributed by atoms with E-state index < -0.39 is 0 Å². The summed E-state index contributed by atoms with van der Waals surface area (Å²) in [6.07, 6.45) is 3.63.